The molecule has 3 nitrogen and oxygen atoms in total. The van der Waals surface area contributed by atoms with Gasteiger partial charge in [-0.15, -0.1) is 0 Å². The highest BCUT2D eigenvalue weighted by Gasteiger charge is 2.06. The lowest BCUT2D eigenvalue weighted by Gasteiger charge is -2.05. The summed E-state index contributed by atoms with van der Waals surface area (Å²) < 4.78 is 1.98. The first-order chi connectivity index (χ1) is 6.68. The number of nitrogens with zero attached hydrogens (tertiary/aromatic N) is 2. The lowest BCUT2D eigenvalue weighted by atomic mass is 10.2. The first-order valence-electron chi connectivity index (χ1n) is 4.86. The summed E-state index contributed by atoms with van der Waals surface area (Å²) >= 11 is 0. The van der Waals surface area contributed by atoms with Crippen molar-refractivity contribution in [3.8, 4) is 0 Å². The van der Waals surface area contributed by atoms with E-state index in [1.54, 1.807) is 0 Å². The van der Waals surface area contributed by atoms with E-state index < -0.39 is 0 Å². The molecule has 2 rings (SSSR count). The van der Waals surface area contributed by atoms with Gasteiger partial charge in [0.1, 0.15) is 0 Å². The minimum absolute atomic E-state index is 0. The van der Waals surface area contributed by atoms with Gasteiger partial charge in [0.15, 0.2) is 0 Å². The molecule has 0 saturated carbocycles. The molecule has 0 radical (unpaired) electrons. The zero-order valence-electron chi connectivity index (χ0n) is 8.57. The number of rotatable bonds is 2. The third-order valence-corrected chi connectivity index (χ3v) is 2.30. The predicted molar refractivity (Wildman–Crippen MR) is 64.9 cm³/mol. The molecule has 0 aliphatic carbocycles. The van der Waals surface area contributed by atoms with Crippen LogP contribution >= 0.6 is 0 Å². The van der Waals surface area contributed by atoms with Crippen molar-refractivity contribution >= 4 is 10.9 Å². The fourth-order valence-corrected chi connectivity index (χ4v) is 1.71. The highest BCUT2D eigenvalue weighted by atomic mass is 15.3. The number of hydrogen-bond donors (Lipinski definition) is 1. The largest absolute Gasteiger partial charge is 0.326 e. The van der Waals surface area contributed by atoms with Crippen LogP contribution < -0.4 is 5.73 Å². The molecule has 0 fully saturated rings. The maximum Gasteiger partial charge on any atom is 0.0685 e. The second-order valence-electron chi connectivity index (χ2n) is 3.76. The van der Waals surface area contributed by atoms with Gasteiger partial charge in [-0.05, 0) is 19.9 Å². The maximum absolute atomic E-state index is 5.76. The lowest BCUT2D eigenvalue weighted by molar-refractivity contribution is 0.550. The van der Waals surface area contributed by atoms with Crippen molar-refractivity contribution in [3.63, 3.8) is 0 Å². The number of para-hydroxylation sites is 1. The maximum atomic E-state index is 5.76. The van der Waals surface area contributed by atoms with E-state index in [9.17, 15) is 0 Å². The van der Waals surface area contributed by atoms with Crippen LogP contribution in [0.5, 0.6) is 0 Å². The molecule has 1 heterocycles. The normalized spacial score (nSPS) is 12.5. The average Bonchev–Trinajstić information content (AvgIpc) is 2.44. The second-order valence-corrected chi connectivity index (χ2v) is 3.76. The average molecular weight is 205 g/mol. The van der Waals surface area contributed by atoms with Crippen molar-refractivity contribution < 1.29 is 0 Å². The Morgan fingerprint density at radius 2 is 2.07 bits per heavy atom. The molecule has 3 heteroatoms. The number of hydrogen-bond acceptors (Lipinski definition) is 2. The Balaban J connectivity index is 0.00000112. The van der Waals surface area contributed by atoms with E-state index in [0.717, 1.165) is 12.2 Å². The van der Waals surface area contributed by atoms with Crippen molar-refractivity contribution in [2.24, 2.45) is 5.73 Å². The van der Waals surface area contributed by atoms with Crippen LogP contribution in [0.3, 0.4) is 0 Å². The molecule has 1 aromatic carbocycles. The highest BCUT2D eigenvalue weighted by Crippen LogP contribution is 2.17. The Kier molecular flexibility index (Phi) is 3.48. The van der Waals surface area contributed by atoms with Crippen LogP contribution in [-0.2, 0) is 6.54 Å². The molecule has 0 aliphatic rings. The monoisotopic (exact) mass is 205 g/mol. The van der Waals surface area contributed by atoms with Crippen molar-refractivity contribution in [1.82, 2.24) is 9.78 Å². The fraction of sp³-hybridized carbons (Fsp3) is 0.417. The zero-order chi connectivity index (χ0) is 10.1. The number of aryl methyl sites for hydroxylation is 1. The summed E-state index contributed by atoms with van der Waals surface area (Å²) in [7, 11) is 0. The van der Waals surface area contributed by atoms with Gasteiger partial charge in [-0.25, -0.2) is 0 Å². The number of benzene rings is 1. The molecule has 2 aromatic rings. The Bertz CT molecular complexity index is 443. The fourth-order valence-electron chi connectivity index (χ4n) is 1.71. The van der Waals surface area contributed by atoms with E-state index >= 15 is 0 Å². The van der Waals surface area contributed by atoms with E-state index in [1.165, 1.54) is 10.9 Å². The lowest BCUT2D eigenvalue weighted by Crippen LogP contribution is -2.22. The standard InChI is InChI=1S/C11H15N3.CH4/c1-8(12)7-14-11-6-4-3-5-10(11)9(2)13-14;/h3-6,8H,7,12H2,1-2H3;1H4. The van der Waals surface area contributed by atoms with E-state index in [4.69, 9.17) is 5.73 Å². The first-order valence-corrected chi connectivity index (χ1v) is 4.86. The molecule has 0 saturated heterocycles. The minimum Gasteiger partial charge on any atom is -0.326 e. The number of aromatic nitrogens is 2. The van der Waals surface area contributed by atoms with E-state index in [-0.39, 0.29) is 13.5 Å². The molecule has 0 aliphatic heterocycles. The van der Waals surface area contributed by atoms with Gasteiger partial charge in [0.25, 0.3) is 0 Å². The Morgan fingerprint density at radius 1 is 1.40 bits per heavy atom. The van der Waals surface area contributed by atoms with Crippen LogP contribution in [0, 0.1) is 6.92 Å². The number of nitrogens with two attached hydrogens (primary N) is 1. The number of fused-ring (bicyclic) bond motifs is 1. The molecule has 1 aromatic heterocycles. The Hall–Kier alpha value is -1.35. The summed E-state index contributed by atoms with van der Waals surface area (Å²) in [6.45, 7) is 4.79. The first kappa shape index (κ1) is 11.7. The second kappa shape index (κ2) is 4.45. The van der Waals surface area contributed by atoms with Gasteiger partial charge in [-0.2, -0.15) is 5.10 Å². The summed E-state index contributed by atoms with van der Waals surface area (Å²) in [5.41, 5.74) is 8.00. The van der Waals surface area contributed by atoms with Gasteiger partial charge >= 0.3 is 0 Å². The molecule has 15 heavy (non-hydrogen) atoms. The summed E-state index contributed by atoms with van der Waals surface area (Å²) in [6.07, 6.45) is 0. The van der Waals surface area contributed by atoms with Crippen LogP contribution in [0.1, 0.15) is 20.0 Å². The third-order valence-electron chi connectivity index (χ3n) is 2.30. The van der Waals surface area contributed by atoms with Gasteiger partial charge in [0, 0.05) is 11.4 Å². The van der Waals surface area contributed by atoms with Crippen molar-refractivity contribution in [1.29, 1.82) is 0 Å². The third kappa shape index (κ3) is 2.18. The highest BCUT2D eigenvalue weighted by molar-refractivity contribution is 5.81. The molecule has 0 bridgehead atoms. The summed E-state index contributed by atoms with van der Waals surface area (Å²) in [4.78, 5) is 0. The van der Waals surface area contributed by atoms with Crippen LogP contribution in [0.4, 0.5) is 0 Å². The SMILES string of the molecule is C.Cc1nn(CC(C)N)c2ccccc12. The van der Waals surface area contributed by atoms with Crippen LogP contribution in [0.25, 0.3) is 10.9 Å². The molecule has 1 atom stereocenters. The Labute approximate surface area is 90.9 Å². The van der Waals surface area contributed by atoms with Crippen molar-refractivity contribution in [2.45, 2.75) is 33.9 Å². The summed E-state index contributed by atoms with van der Waals surface area (Å²) in [6, 6.07) is 8.37. The van der Waals surface area contributed by atoms with Gasteiger partial charge in [0.2, 0.25) is 0 Å². The Morgan fingerprint density at radius 3 is 2.73 bits per heavy atom. The molecular weight excluding hydrogens is 186 g/mol. The summed E-state index contributed by atoms with van der Waals surface area (Å²) in [5, 5.41) is 5.68. The van der Waals surface area contributed by atoms with E-state index in [1.807, 2.05) is 30.7 Å². The molecule has 0 amide bonds. The van der Waals surface area contributed by atoms with Crippen LogP contribution in [-0.4, -0.2) is 15.8 Å². The van der Waals surface area contributed by atoms with Crippen molar-refractivity contribution in [2.75, 3.05) is 0 Å². The van der Waals surface area contributed by atoms with Crippen LogP contribution in [0.2, 0.25) is 0 Å². The van der Waals surface area contributed by atoms with E-state index in [2.05, 4.69) is 17.2 Å². The van der Waals surface area contributed by atoms with Gasteiger partial charge in [-0.3, -0.25) is 4.68 Å². The van der Waals surface area contributed by atoms with Gasteiger partial charge < -0.3 is 5.73 Å². The van der Waals surface area contributed by atoms with Crippen molar-refractivity contribution in [3.05, 3.63) is 30.0 Å². The molecule has 2 N–H and O–H groups in total. The predicted octanol–water partition coefficient (Wildman–Crippen LogP) is 2.33. The molecule has 0 spiro atoms. The smallest absolute Gasteiger partial charge is 0.0685 e. The summed E-state index contributed by atoms with van der Waals surface area (Å²) in [5.74, 6) is 0. The quantitative estimate of drug-likeness (QED) is 0.817. The van der Waals surface area contributed by atoms with Gasteiger partial charge in [-0.1, -0.05) is 25.6 Å². The topological polar surface area (TPSA) is 43.8 Å². The molecule has 82 valence electrons. The van der Waals surface area contributed by atoms with Gasteiger partial charge in [0.05, 0.1) is 17.8 Å². The minimum atomic E-state index is 0. The molecule has 1 unspecified atom stereocenters. The molecular formula is C12H19N3. The van der Waals surface area contributed by atoms with E-state index in [0.29, 0.717) is 0 Å². The van der Waals surface area contributed by atoms with Crippen LogP contribution in [0.15, 0.2) is 24.3 Å². The zero-order valence-corrected chi connectivity index (χ0v) is 8.57.